The molecule has 1 aliphatic heterocycles. The number of rotatable bonds is 3. The molecule has 8 heteroatoms. The van der Waals surface area contributed by atoms with E-state index in [1.165, 1.54) is 0 Å². The lowest BCUT2D eigenvalue weighted by Gasteiger charge is -2.29. The first-order chi connectivity index (χ1) is 10.9. The van der Waals surface area contributed by atoms with Gasteiger partial charge in [-0.15, -0.1) is 11.3 Å². The molecule has 2 heterocycles. The number of anilines is 1. The van der Waals surface area contributed by atoms with Crippen molar-refractivity contribution in [1.82, 2.24) is 4.98 Å². The van der Waals surface area contributed by atoms with Crippen LogP contribution < -0.4 is 14.4 Å². The minimum atomic E-state index is -4.40. The number of halogens is 3. The van der Waals surface area contributed by atoms with Crippen LogP contribution >= 0.6 is 11.3 Å². The lowest BCUT2D eigenvalue weighted by Crippen LogP contribution is -2.30. The molecule has 0 saturated carbocycles. The van der Waals surface area contributed by atoms with Crippen LogP contribution in [0.2, 0.25) is 0 Å². The van der Waals surface area contributed by atoms with Gasteiger partial charge in [-0.3, -0.25) is 0 Å². The number of fused-ring (bicyclic) bond motifs is 1. The predicted octanol–water partition coefficient (Wildman–Crippen LogP) is 3.74. The molecule has 0 bridgehead atoms. The summed E-state index contributed by atoms with van der Waals surface area (Å²) in [5.41, 5.74) is 1.29. The van der Waals surface area contributed by atoms with E-state index in [-0.39, 0.29) is 0 Å². The minimum Gasteiger partial charge on any atom is -0.493 e. The van der Waals surface area contributed by atoms with Crippen molar-refractivity contribution in [1.29, 1.82) is 0 Å². The van der Waals surface area contributed by atoms with Crippen LogP contribution in [0.1, 0.15) is 16.8 Å². The normalized spacial score (nSPS) is 14.6. The first-order valence-electron chi connectivity index (χ1n) is 6.94. The van der Waals surface area contributed by atoms with Crippen molar-refractivity contribution in [2.45, 2.75) is 19.1 Å². The Kier molecular flexibility index (Phi) is 4.09. The Labute approximate surface area is 135 Å². The van der Waals surface area contributed by atoms with Crippen molar-refractivity contribution in [2.75, 3.05) is 25.7 Å². The Morgan fingerprint density at radius 2 is 1.78 bits per heavy atom. The van der Waals surface area contributed by atoms with E-state index in [1.807, 2.05) is 17.0 Å². The third kappa shape index (κ3) is 3.08. The van der Waals surface area contributed by atoms with Crippen LogP contribution in [0.25, 0.3) is 0 Å². The molecular weight excluding hydrogens is 329 g/mol. The molecule has 0 radical (unpaired) electrons. The summed E-state index contributed by atoms with van der Waals surface area (Å²) in [5.74, 6) is 1.27. The van der Waals surface area contributed by atoms with E-state index in [2.05, 4.69) is 4.98 Å². The largest absolute Gasteiger partial charge is 0.493 e. The molecule has 0 saturated heterocycles. The van der Waals surface area contributed by atoms with E-state index in [1.54, 1.807) is 14.2 Å². The second-order valence-electron chi connectivity index (χ2n) is 5.16. The highest BCUT2D eigenvalue weighted by molar-refractivity contribution is 7.13. The molecule has 0 atom stereocenters. The third-order valence-corrected chi connectivity index (χ3v) is 4.67. The summed E-state index contributed by atoms with van der Waals surface area (Å²) < 4.78 is 48.6. The highest BCUT2D eigenvalue weighted by atomic mass is 32.1. The van der Waals surface area contributed by atoms with Crippen LogP contribution in [0.4, 0.5) is 18.3 Å². The molecule has 0 N–H and O–H groups in total. The van der Waals surface area contributed by atoms with Crippen LogP contribution in [0.3, 0.4) is 0 Å². The number of hydrogen-bond donors (Lipinski definition) is 0. The Hall–Kier alpha value is -1.96. The smallest absolute Gasteiger partial charge is 0.434 e. The average Bonchev–Trinajstić information content (AvgIpc) is 3.03. The molecule has 2 aromatic rings. The fourth-order valence-corrected chi connectivity index (χ4v) is 3.45. The van der Waals surface area contributed by atoms with Crippen LogP contribution in [0.5, 0.6) is 11.5 Å². The summed E-state index contributed by atoms with van der Waals surface area (Å²) in [6, 6.07) is 3.80. The molecule has 4 nitrogen and oxygen atoms in total. The molecule has 0 fully saturated rings. The standard InChI is InChI=1S/C15H15F3N2O2S/c1-21-11-5-9-3-4-20(7-10(9)6-12(11)22-2)14-19-13(8-23-14)15(16,17)18/h5-6,8H,3-4,7H2,1-2H3. The molecular formula is C15H15F3N2O2S. The zero-order valence-electron chi connectivity index (χ0n) is 12.6. The van der Waals surface area contributed by atoms with Gasteiger partial charge in [0.15, 0.2) is 22.3 Å². The number of thiazole rings is 1. The summed E-state index contributed by atoms with van der Waals surface area (Å²) in [6.45, 7) is 1.12. The number of nitrogens with zero attached hydrogens (tertiary/aromatic N) is 2. The topological polar surface area (TPSA) is 34.6 Å². The van der Waals surface area contributed by atoms with E-state index in [0.717, 1.165) is 34.3 Å². The highest BCUT2D eigenvalue weighted by Gasteiger charge is 2.34. The van der Waals surface area contributed by atoms with Crippen molar-refractivity contribution in [3.8, 4) is 11.5 Å². The molecule has 0 unspecified atom stereocenters. The Morgan fingerprint density at radius 3 is 2.35 bits per heavy atom. The van der Waals surface area contributed by atoms with Crippen molar-refractivity contribution in [3.05, 3.63) is 34.3 Å². The summed E-state index contributed by atoms with van der Waals surface area (Å²) in [7, 11) is 3.13. The zero-order chi connectivity index (χ0) is 16.6. The second kappa shape index (κ2) is 5.92. The maximum Gasteiger partial charge on any atom is 0.434 e. The van der Waals surface area contributed by atoms with E-state index >= 15 is 0 Å². The van der Waals surface area contributed by atoms with Crippen LogP contribution in [-0.2, 0) is 19.1 Å². The SMILES string of the molecule is COc1cc2c(cc1OC)CN(c1nc(C(F)(F)F)cs1)CC2. The van der Waals surface area contributed by atoms with Crippen LogP contribution in [0.15, 0.2) is 17.5 Å². The molecule has 0 amide bonds. The van der Waals surface area contributed by atoms with Gasteiger partial charge in [-0.05, 0) is 29.7 Å². The molecule has 1 aromatic heterocycles. The summed E-state index contributed by atoms with van der Waals surface area (Å²) in [4.78, 5) is 5.57. The number of hydrogen-bond acceptors (Lipinski definition) is 5. The molecule has 1 aromatic carbocycles. The van der Waals surface area contributed by atoms with Gasteiger partial charge in [0, 0.05) is 18.5 Å². The Bertz CT molecular complexity index is 715. The lowest BCUT2D eigenvalue weighted by molar-refractivity contribution is -0.140. The average molecular weight is 344 g/mol. The van der Waals surface area contributed by atoms with Gasteiger partial charge in [-0.2, -0.15) is 13.2 Å². The van der Waals surface area contributed by atoms with Gasteiger partial charge in [0.05, 0.1) is 14.2 Å². The van der Waals surface area contributed by atoms with E-state index < -0.39 is 11.9 Å². The van der Waals surface area contributed by atoms with Crippen molar-refractivity contribution in [3.63, 3.8) is 0 Å². The summed E-state index contributed by atoms with van der Waals surface area (Å²) in [5, 5.41) is 1.44. The van der Waals surface area contributed by atoms with Crippen molar-refractivity contribution in [2.24, 2.45) is 0 Å². The first kappa shape index (κ1) is 15.9. The molecule has 23 heavy (non-hydrogen) atoms. The quantitative estimate of drug-likeness (QED) is 0.850. The number of ether oxygens (including phenoxy) is 2. The van der Waals surface area contributed by atoms with Crippen molar-refractivity contribution >= 4 is 16.5 Å². The molecule has 124 valence electrons. The van der Waals surface area contributed by atoms with Gasteiger partial charge in [-0.25, -0.2) is 4.98 Å². The summed E-state index contributed by atoms with van der Waals surface area (Å²) in [6.07, 6.45) is -3.68. The predicted molar refractivity (Wildman–Crippen MR) is 81.4 cm³/mol. The molecule has 1 aliphatic rings. The second-order valence-corrected chi connectivity index (χ2v) is 6.00. The fraction of sp³-hybridized carbons (Fsp3) is 0.400. The van der Waals surface area contributed by atoms with Gasteiger partial charge in [0.25, 0.3) is 0 Å². The van der Waals surface area contributed by atoms with Gasteiger partial charge < -0.3 is 14.4 Å². The van der Waals surface area contributed by atoms with Crippen LogP contribution in [0, 0.1) is 0 Å². The van der Waals surface area contributed by atoms with Gasteiger partial charge >= 0.3 is 6.18 Å². The number of alkyl halides is 3. The van der Waals surface area contributed by atoms with Gasteiger partial charge in [0.2, 0.25) is 0 Å². The number of methoxy groups -OCH3 is 2. The van der Waals surface area contributed by atoms with Crippen molar-refractivity contribution < 1.29 is 22.6 Å². The fourth-order valence-electron chi connectivity index (χ4n) is 2.59. The molecule has 0 spiro atoms. The van der Waals surface area contributed by atoms with E-state index in [4.69, 9.17) is 9.47 Å². The molecule has 3 rings (SSSR count). The Morgan fingerprint density at radius 1 is 1.13 bits per heavy atom. The highest BCUT2D eigenvalue weighted by Crippen LogP contribution is 2.37. The maximum atomic E-state index is 12.7. The monoisotopic (exact) mass is 344 g/mol. The first-order valence-corrected chi connectivity index (χ1v) is 7.81. The number of benzene rings is 1. The Balaban J connectivity index is 1.86. The van der Waals surface area contributed by atoms with E-state index in [0.29, 0.717) is 29.7 Å². The maximum absolute atomic E-state index is 12.7. The zero-order valence-corrected chi connectivity index (χ0v) is 13.4. The summed E-state index contributed by atoms with van der Waals surface area (Å²) >= 11 is 1.01. The number of aromatic nitrogens is 1. The third-order valence-electron chi connectivity index (χ3n) is 3.77. The van der Waals surface area contributed by atoms with Crippen LogP contribution in [-0.4, -0.2) is 25.7 Å². The van der Waals surface area contributed by atoms with Gasteiger partial charge in [-0.1, -0.05) is 0 Å². The molecule has 0 aliphatic carbocycles. The van der Waals surface area contributed by atoms with E-state index in [9.17, 15) is 13.2 Å². The minimum absolute atomic E-state index is 0.387. The lowest BCUT2D eigenvalue weighted by atomic mass is 9.99. The van der Waals surface area contributed by atoms with Gasteiger partial charge in [0.1, 0.15) is 0 Å².